The highest BCUT2D eigenvalue weighted by Crippen LogP contribution is 2.32. The third-order valence-corrected chi connectivity index (χ3v) is 12.5. The van der Waals surface area contributed by atoms with E-state index in [9.17, 15) is 39.6 Å². The summed E-state index contributed by atoms with van der Waals surface area (Å²) in [6.07, 6.45) is 5.07. The number of amides is 4. The van der Waals surface area contributed by atoms with Crippen LogP contribution in [0.2, 0.25) is 0 Å². The average molecular weight is 934 g/mol. The third kappa shape index (κ3) is 14.1. The second-order valence-corrected chi connectivity index (χ2v) is 17.6. The number of nitrogens with one attached hydrogen (secondary N) is 5. The van der Waals surface area contributed by atoms with Crippen LogP contribution >= 0.6 is 0 Å². The molecule has 1 aliphatic rings. The Kier molecular flexibility index (Phi) is 15.5. The van der Waals surface area contributed by atoms with Gasteiger partial charge in [0, 0.05) is 87.8 Å². The van der Waals surface area contributed by atoms with Crippen LogP contribution in [0.3, 0.4) is 0 Å². The molecular weight excluding hydrogens is 892 g/mol. The van der Waals surface area contributed by atoms with Gasteiger partial charge in [-0.05, 0) is 96.4 Å². The number of rotatable bonds is 13. The Morgan fingerprint density at radius 1 is 0.662 bits per heavy atom. The Hall–Kier alpha value is -7.37. The zero-order valence-electron chi connectivity index (χ0n) is 34.4. The van der Waals surface area contributed by atoms with E-state index in [1.54, 1.807) is 67.5 Å². The number of carbonyl (C=O) groups excluding carboxylic acids is 2. The van der Waals surface area contributed by atoms with Gasteiger partial charge in [0.15, 0.2) is 5.75 Å². The Morgan fingerprint density at radius 2 is 1.17 bits per heavy atom. The molecule has 1 aliphatic heterocycles. The summed E-state index contributed by atoms with van der Waals surface area (Å²) in [7, 11) is -7.85. The van der Waals surface area contributed by atoms with Crippen molar-refractivity contribution in [2.45, 2.75) is 36.2 Å². The average Bonchev–Trinajstić information content (AvgIpc) is 3.29. The second-order valence-electron chi connectivity index (χ2n) is 14.0. The van der Waals surface area contributed by atoms with E-state index in [0.29, 0.717) is 50.0 Å². The second kappa shape index (κ2) is 21.3. The van der Waals surface area contributed by atoms with Gasteiger partial charge in [-0.1, -0.05) is 24.3 Å². The molecule has 0 unspecified atom stereocenters. The number of piperazine rings is 1. The molecule has 340 valence electrons. The van der Waals surface area contributed by atoms with E-state index >= 15 is 0 Å². The SMILES string of the molecule is Cc1cnc(N2CCN(S(=O)(=O)c3ccc(NC(=O)NCc4cccnc4)cc3)CC2)nc1.O=C(NCc1cccnc1)Nc1ccc(S(=O)(=O)Nc2ccccc2OC(F)(F)F)cc1. The first-order chi connectivity index (χ1) is 31.0. The largest absolute Gasteiger partial charge is 0.573 e. The number of pyridine rings is 2. The van der Waals surface area contributed by atoms with E-state index in [2.05, 4.69) is 50.7 Å². The lowest BCUT2D eigenvalue weighted by Gasteiger charge is -2.33. The summed E-state index contributed by atoms with van der Waals surface area (Å²) in [4.78, 5) is 42.6. The number of para-hydroxylation sites is 2. The third-order valence-electron chi connectivity index (χ3n) is 9.17. The van der Waals surface area contributed by atoms with Crippen LogP contribution in [0.1, 0.15) is 16.7 Å². The number of halogens is 3. The normalized spacial score (nSPS) is 13.1. The standard InChI is InChI=1S/C22H25N7O3S.C20H17F3N4O4S/c1-17-13-24-21(25-14-17)28-9-11-29(12-10-28)33(31,32)20-6-4-19(5-7-20)27-22(30)26-16-18-3-2-8-23-15-18;21-20(22,23)31-18-6-2-1-5-17(18)27-32(29,30)16-9-7-15(8-10-16)26-19(28)25-13-14-4-3-11-24-12-14/h2-8,13-15H,9-12,16H2,1H3,(H2,26,27,30);1-12,27H,13H2,(H2,25,26,28). The lowest BCUT2D eigenvalue weighted by Crippen LogP contribution is -2.49. The van der Waals surface area contributed by atoms with Gasteiger partial charge < -0.3 is 30.9 Å². The number of ether oxygens (including phenoxy) is 1. The van der Waals surface area contributed by atoms with Crippen LogP contribution in [0.4, 0.5) is 45.8 Å². The van der Waals surface area contributed by atoms with E-state index in [1.807, 2.05) is 17.9 Å². The molecule has 3 aromatic carbocycles. The number of aryl methyl sites for hydroxylation is 1. The summed E-state index contributed by atoms with van der Waals surface area (Å²) >= 11 is 0. The molecule has 5 N–H and O–H groups in total. The maximum Gasteiger partial charge on any atom is 0.573 e. The number of sulfonamides is 2. The number of nitrogens with zero attached hydrogens (tertiary/aromatic N) is 6. The number of anilines is 4. The molecule has 23 heteroatoms. The van der Waals surface area contributed by atoms with Crippen molar-refractivity contribution in [2.24, 2.45) is 0 Å². The van der Waals surface area contributed by atoms with Crippen molar-refractivity contribution in [3.05, 3.63) is 151 Å². The molecule has 0 aliphatic carbocycles. The molecular formula is C42H42F3N11O7S2. The summed E-state index contributed by atoms with van der Waals surface area (Å²) in [5.41, 5.74) is 3.09. The number of hydrogen-bond donors (Lipinski definition) is 5. The lowest BCUT2D eigenvalue weighted by molar-refractivity contribution is -0.274. The van der Waals surface area contributed by atoms with Gasteiger partial charge in [-0.25, -0.2) is 36.4 Å². The Balaban J connectivity index is 0.000000216. The van der Waals surface area contributed by atoms with E-state index < -0.39 is 38.2 Å². The highest BCUT2D eigenvalue weighted by atomic mass is 32.2. The van der Waals surface area contributed by atoms with Crippen LogP contribution < -0.4 is 35.6 Å². The van der Waals surface area contributed by atoms with Gasteiger partial charge in [0.05, 0.1) is 15.5 Å². The Morgan fingerprint density at radius 3 is 1.66 bits per heavy atom. The summed E-state index contributed by atoms with van der Waals surface area (Å²) < 4.78 is 96.2. The molecule has 0 saturated carbocycles. The molecule has 1 saturated heterocycles. The maximum atomic E-state index is 13.0. The van der Waals surface area contributed by atoms with E-state index in [-0.39, 0.29) is 28.1 Å². The van der Waals surface area contributed by atoms with Crippen molar-refractivity contribution < 1.29 is 44.3 Å². The zero-order chi connectivity index (χ0) is 46.5. The zero-order valence-corrected chi connectivity index (χ0v) is 36.1. The number of carbonyl (C=O) groups is 2. The fraction of sp³-hybridized carbons (Fsp3) is 0.190. The van der Waals surface area contributed by atoms with Crippen LogP contribution in [-0.2, 0) is 33.1 Å². The van der Waals surface area contributed by atoms with Crippen molar-refractivity contribution in [3.63, 3.8) is 0 Å². The van der Waals surface area contributed by atoms with Crippen LogP contribution in [0, 0.1) is 6.92 Å². The fourth-order valence-corrected chi connectivity index (χ4v) is 8.44. The highest BCUT2D eigenvalue weighted by molar-refractivity contribution is 7.92. The van der Waals surface area contributed by atoms with Gasteiger partial charge >= 0.3 is 18.4 Å². The number of aromatic nitrogens is 4. The van der Waals surface area contributed by atoms with Crippen LogP contribution in [0.25, 0.3) is 0 Å². The predicted octanol–water partition coefficient (Wildman–Crippen LogP) is 6.12. The topological polar surface area (TPSA) is 230 Å². The number of alkyl halides is 3. The lowest BCUT2D eigenvalue weighted by atomic mass is 10.3. The highest BCUT2D eigenvalue weighted by Gasteiger charge is 2.33. The first-order valence-corrected chi connectivity index (χ1v) is 22.5. The molecule has 0 atom stereocenters. The minimum atomic E-state index is -4.98. The van der Waals surface area contributed by atoms with Crippen LogP contribution in [0.5, 0.6) is 5.75 Å². The van der Waals surface area contributed by atoms with Gasteiger partial charge in [0.25, 0.3) is 10.0 Å². The van der Waals surface area contributed by atoms with Gasteiger partial charge in [0.2, 0.25) is 16.0 Å². The molecule has 1 fully saturated rings. The minimum Gasteiger partial charge on any atom is -0.404 e. The monoisotopic (exact) mass is 933 g/mol. The summed E-state index contributed by atoms with van der Waals surface area (Å²) in [5, 5.41) is 10.6. The van der Waals surface area contributed by atoms with Crippen molar-refractivity contribution in [3.8, 4) is 5.75 Å². The molecule has 4 amide bonds. The van der Waals surface area contributed by atoms with Gasteiger partial charge in [-0.2, -0.15) is 4.31 Å². The Bertz CT molecular complexity index is 2740. The minimum absolute atomic E-state index is 0.184. The van der Waals surface area contributed by atoms with Crippen molar-refractivity contribution in [2.75, 3.05) is 46.4 Å². The predicted molar refractivity (Wildman–Crippen MR) is 235 cm³/mol. The molecule has 3 aromatic heterocycles. The number of benzene rings is 3. The summed E-state index contributed by atoms with van der Waals surface area (Å²) in [5.74, 6) is -0.0815. The van der Waals surface area contributed by atoms with Crippen LogP contribution in [-0.4, -0.2) is 85.7 Å². The van der Waals surface area contributed by atoms with Crippen LogP contribution in [0.15, 0.2) is 144 Å². The quantitative estimate of drug-likeness (QED) is 0.0883. The molecule has 4 heterocycles. The summed E-state index contributed by atoms with van der Waals surface area (Å²) in [6.45, 7) is 4.22. The molecule has 6 aromatic rings. The van der Waals surface area contributed by atoms with E-state index in [4.69, 9.17) is 0 Å². The molecule has 18 nitrogen and oxygen atoms in total. The molecule has 0 bridgehead atoms. The fourth-order valence-electron chi connectivity index (χ4n) is 5.94. The first kappa shape index (κ1) is 47.1. The van der Waals surface area contributed by atoms with E-state index in [0.717, 1.165) is 28.8 Å². The smallest absolute Gasteiger partial charge is 0.404 e. The van der Waals surface area contributed by atoms with Gasteiger partial charge in [-0.3, -0.25) is 14.7 Å². The molecule has 0 spiro atoms. The summed E-state index contributed by atoms with van der Waals surface area (Å²) in [6, 6.07) is 22.3. The van der Waals surface area contributed by atoms with Crippen molar-refractivity contribution >= 4 is 55.1 Å². The number of hydrogen-bond acceptors (Lipinski definition) is 12. The molecule has 0 radical (unpaired) electrons. The Labute approximate surface area is 372 Å². The molecule has 65 heavy (non-hydrogen) atoms. The van der Waals surface area contributed by atoms with Gasteiger partial charge in [0.1, 0.15) is 0 Å². The maximum absolute atomic E-state index is 13.0. The van der Waals surface area contributed by atoms with Crippen molar-refractivity contribution in [1.29, 1.82) is 0 Å². The van der Waals surface area contributed by atoms with Crippen molar-refractivity contribution in [1.82, 2.24) is 34.9 Å². The number of urea groups is 2. The molecule has 7 rings (SSSR count). The van der Waals surface area contributed by atoms with Gasteiger partial charge in [-0.15, -0.1) is 13.2 Å². The van der Waals surface area contributed by atoms with E-state index in [1.165, 1.54) is 52.8 Å². The first-order valence-electron chi connectivity index (χ1n) is 19.5.